The molecule has 2 aromatic heterocycles. The van der Waals surface area contributed by atoms with Gasteiger partial charge in [0.1, 0.15) is 0 Å². The largest absolute Gasteiger partial charge is 0.349 e. The molecule has 2 aromatic rings. The summed E-state index contributed by atoms with van der Waals surface area (Å²) in [4.78, 5) is 9.93. The number of rotatable bonds is 3. The third kappa shape index (κ3) is 2.21. The quantitative estimate of drug-likeness (QED) is 0.835. The Labute approximate surface area is 93.6 Å². The van der Waals surface area contributed by atoms with Gasteiger partial charge in [0.25, 0.3) is 0 Å². The molecule has 1 atom stereocenters. The van der Waals surface area contributed by atoms with E-state index in [2.05, 4.69) is 42.1 Å². The van der Waals surface area contributed by atoms with Crippen molar-refractivity contribution in [3.8, 4) is 0 Å². The highest BCUT2D eigenvalue weighted by atomic mass is 32.1. The smallest absolute Gasteiger partial charge is 0.200 e. The highest BCUT2D eigenvalue weighted by Gasteiger charge is 2.11. The molecule has 0 spiro atoms. The highest BCUT2D eigenvalue weighted by Crippen LogP contribution is 2.27. The van der Waals surface area contributed by atoms with E-state index in [0.717, 1.165) is 5.95 Å². The molecule has 3 nitrogen and oxygen atoms in total. The lowest BCUT2D eigenvalue weighted by Crippen LogP contribution is -2.07. The molecular formula is C11H15N3S. The zero-order valence-electron chi connectivity index (χ0n) is 9.16. The number of aromatic amines is 1. The van der Waals surface area contributed by atoms with Crippen LogP contribution in [0.5, 0.6) is 0 Å². The van der Waals surface area contributed by atoms with Crippen molar-refractivity contribution in [2.75, 3.05) is 5.32 Å². The fraction of sp³-hybridized carbons (Fsp3) is 0.364. The molecule has 2 heterocycles. The standard InChI is InChI=1S/C11H15N3S/c1-7-6-10(9(3)15-7)8(2)14-11-12-4-5-13-11/h4-6,8H,1-3H3,(H2,12,13,14). The molecule has 0 amide bonds. The topological polar surface area (TPSA) is 40.7 Å². The molecule has 0 saturated heterocycles. The minimum atomic E-state index is 0.293. The van der Waals surface area contributed by atoms with E-state index in [0.29, 0.717) is 6.04 Å². The van der Waals surface area contributed by atoms with Crippen LogP contribution in [0.4, 0.5) is 5.95 Å². The van der Waals surface area contributed by atoms with E-state index >= 15 is 0 Å². The molecule has 80 valence electrons. The van der Waals surface area contributed by atoms with Gasteiger partial charge in [-0.15, -0.1) is 11.3 Å². The van der Waals surface area contributed by atoms with Crippen LogP contribution in [0.1, 0.15) is 28.3 Å². The van der Waals surface area contributed by atoms with Gasteiger partial charge in [-0.25, -0.2) is 4.98 Å². The van der Waals surface area contributed by atoms with Crippen molar-refractivity contribution in [3.63, 3.8) is 0 Å². The van der Waals surface area contributed by atoms with Gasteiger partial charge < -0.3 is 10.3 Å². The maximum atomic E-state index is 4.15. The van der Waals surface area contributed by atoms with Crippen LogP contribution >= 0.6 is 11.3 Å². The lowest BCUT2D eigenvalue weighted by molar-refractivity contribution is 0.865. The lowest BCUT2D eigenvalue weighted by atomic mass is 10.1. The summed E-state index contributed by atoms with van der Waals surface area (Å²) in [7, 11) is 0. The number of aryl methyl sites for hydroxylation is 2. The second kappa shape index (κ2) is 4.06. The summed E-state index contributed by atoms with van der Waals surface area (Å²) in [6.45, 7) is 6.45. The van der Waals surface area contributed by atoms with Gasteiger partial charge in [0.05, 0.1) is 6.04 Å². The molecule has 2 N–H and O–H groups in total. The van der Waals surface area contributed by atoms with Crippen LogP contribution in [0.25, 0.3) is 0 Å². The molecule has 0 radical (unpaired) electrons. The Hall–Kier alpha value is -1.29. The van der Waals surface area contributed by atoms with E-state index in [-0.39, 0.29) is 0 Å². The molecule has 0 aromatic carbocycles. The summed E-state index contributed by atoms with van der Waals surface area (Å²) in [5.41, 5.74) is 1.36. The van der Waals surface area contributed by atoms with Gasteiger partial charge in [0, 0.05) is 22.1 Å². The number of hydrogen-bond acceptors (Lipinski definition) is 3. The number of hydrogen-bond donors (Lipinski definition) is 2. The number of H-pyrrole nitrogens is 1. The summed E-state index contributed by atoms with van der Waals surface area (Å²) in [6.07, 6.45) is 3.57. The van der Waals surface area contributed by atoms with Gasteiger partial charge in [0.15, 0.2) is 0 Å². The fourth-order valence-electron chi connectivity index (χ4n) is 1.71. The predicted molar refractivity (Wildman–Crippen MR) is 64.4 cm³/mol. The first-order valence-corrected chi connectivity index (χ1v) is 5.81. The first-order valence-electron chi connectivity index (χ1n) is 4.99. The fourth-order valence-corrected chi connectivity index (χ4v) is 2.73. The Balaban J connectivity index is 2.14. The number of thiophene rings is 1. The summed E-state index contributed by atoms with van der Waals surface area (Å²) in [5.74, 6) is 0.825. The molecule has 0 fully saturated rings. The molecule has 4 heteroatoms. The molecule has 2 rings (SSSR count). The van der Waals surface area contributed by atoms with Gasteiger partial charge in [-0.2, -0.15) is 0 Å². The van der Waals surface area contributed by atoms with E-state index in [1.807, 2.05) is 17.5 Å². The van der Waals surface area contributed by atoms with Crippen molar-refractivity contribution in [1.29, 1.82) is 0 Å². The average Bonchev–Trinajstić information content (AvgIpc) is 2.75. The monoisotopic (exact) mass is 221 g/mol. The predicted octanol–water partition coefficient (Wildman–Crippen LogP) is 3.26. The Morgan fingerprint density at radius 1 is 1.47 bits per heavy atom. The van der Waals surface area contributed by atoms with E-state index in [1.165, 1.54) is 15.3 Å². The summed E-state index contributed by atoms with van der Waals surface area (Å²) < 4.78 is 0. The van der Waals surface area contributed by atoms with Gasteiger partial charge in [-0.3, -0.25) is 0 Å². The third-order valence-electron chi connectivity index (χ3n) is 2.40. The molecular weight excluding hydrogens is 206 g/mol. The minimum Gasteiger partial charge on any atom is -0.349 e. The van der Waals surface area contributed by atoms with Crippen molar-refractivity contribution in [3.05, 3.63) is 33.8 Å². The van der Waals surface area contributed by atoms with Crippen molar-refractivity contribution in [2.24, 2.45) is 0 Å². The second-order valence-corrected chi connectivity index (χ2v) is 5.13. The molecule has 15 heavy (non-hydrogen) atoms. The Bertz CT molecular complexity index is 431. The average molecular weight is 221 g/mol. The Kier molecular flexibility index (Phi) is 2.77. The Morgan fingerprint density at radius 3 is 2.80 bits per heavy atom. The molecule has 0 aliphatic rings. The van der Waals surface area contributed by atoms with E-state index in [9.17, 15) is 0 Å². The van der Waals surface area contributed by atoms with Crippen LogP contribution in [0.3, 0.4) is 0 Å². The third-order valence-corrected chi connectivity index (χ3v) is 3.38. The lowest BCUT2D eigenvalue weighted by Gasteiger charge is -2.12. The van der Waals surface area contributed by atoms with Crippen molar-refractivity contribution >= 4 is 17.3 Å². The molecule has 0 saturated carbocycles. The van der Waals surface area contributed by atoms with Gasteiger partial charge in [-0.05, 0) is 32.4 Å². The first-order chi connectivity index (χ1) is 7.16. The SMILES string of the molecule is Cc1cc(C(C)Nc2ncc[nH]2)c(C)s1. The van der Waals surface area contributed by atoms with Crippen LogP contribution in [-0.4, -0.2) is 9.97 Å². The number of nitrogens with one attached hydrogen (secondary N) is 2. The van der Waals surface area contributed by atoms with Gasteiger partial charge in [0.2, 0.25) is 5.95 Å². The molecule has 0 bridgehead atoms. The zero-order valence-corrected chi connectivity index (χ0v) is 9.98. The van der Waals surface area contributed by atoms with Crippen molar-refractivity contribution in [1.82, 2.24) is 9.97 Å². The van der Waals surface area contributed by atoms with Crippen LogP contribution in [0.15, 0.2) is 18.5 Å². The minimum absolute atomic E-state index is 0.293. The van der Waals surface area contributed by atoms with Gasteiger partial charge in [-0.1, -0.05) is 0 Å². The number of anilines is 1. The van der Waals surface area contributed by atoms with E-state index in [1.54, 1.807) is 6.20 Å². The summed E-state index contributed by atoms with van der Waals surface area (Å²) in [6, 6.07) is 2.53. The molecule has 1 unspecified atom stereocenters. The van der Waals surface area contributed by atoms with Crippen molar-refractivity contribution in [2.45, 2.75) is 26.8 Å². The van der Waals surface area contributed by atoms with E-state index < -0.39 is 0 Å². The maximum absolute atomic E-state index is 4.15. The number of nitrogens with zero attached hydrogens (tertiary/aromatic N) is 1. The van der Waals surface area contributed by atoms with Crippen LogP contribution < -0.4 is 5.32 Å². The van der Waals surface area contributed by atoms with Gasteiger partial charge >= 0.3 is 0 Å². The number of imidazole rings is 1. The highest BCUT2D eigenvalue weighted by molar-refractivity contribution is 7.12. The van der Waals surface area contributed by atoms with Crippen LogP contribution in [-0.2, 0) is 0 Å². The second-order valence-electron chi connectivity index (χ2n) is 3.67. The molecule has 0 aliphatic heterocycles. The Morgan fingerprint density at radius 2 is 2.27 bits per heavy atom. The van der Waals surface area contributed by atoms with Crippen molar-refractivity contribution < 1.29 is 0 Å². The van der Waals surface area contributed by atoms with Crippen LogP contribution in [0, 0.1) is 13.8 Å². The maximum Gasteiger partial charge on any atom is 0.200 e. The molecule has 0 aliphatic carbocycles. The number of aromatic nitrogens is 2. The van der Waals surface area contributed by atoms with Crippen LogP contribution in [0.2, 0.25) is 0 Å². The summed E-state index contributed by atoms with van der Waals surface area (Å²) >= 11 is 1.84. The van der Waals surface area contributed by atoms with E-state index in [4.69, 9.17) is 0 Å². The summed E-state index contributed by atoms with van der Waals surface area (Å²) in [5, 5.41) is 3.33. The first kappa shape index (κ1) is 10.2. The normalized spacial score (nSPS) is 12.7. The zero-order chi connectivity index (χ0) is 10.8.